The van der Waals surface area contributed by atoms with Crippen molar-refractivity contribution in [2.75, 3.05) is 14.1 Å². The first-order valence-electron chi connectivity index (χ1n) is 13.5. The predicted octanol–water partition coefficient (Wildman–Crippen LogP) is 3.19. The molecular formula is C28H49NO7. The first-order valence-corrected chi connectivity index (χ1v) is 13.5. The average Bonchev–Trinajstić information content (AvgIpc) is 2.83. The van der Waals surface area contributed by atoms with Crippen LogP contribution in [0.3, 0.4) is 0 Å². The maximum absolute atomic E-state index is 13.0. The Kier molecular flexibility index (Phi) is 11.6. The van der Waals surface area contributed by atoms with Crippen molar-refractivity contribution in [1.29, 1.82) is 0 Å². The number of hydrogen-bond acceptors (Lipinski definition) is 8. The zero-order valence-corrected chi connectivity index (χ0v) is 23.6. The molecule has 2 heterocycles. The van der Waals surface area contributed by atoms with Crippen molar-refractivity contribution in [2.24, 2.45) is 29.6 Å². The molecule has 2 rings (SSSR count). The number of esters is 1. The quantitative estimate of drug-likeness (QED) is 0.555. The van der Waals surface area contributed by atoms with Gasteiger partial charge in [0.2, 0.25) is 0 Å². The van der Waals surface area contributed by atoms with Crippen LogP contribution in [0, 0.1) is 29.6 Å². The Morgan fingerprint density at radius 3 is 2.25 bits per heavy atom. The summed E-state index contributed by atoms with van der Waals surface area (Å²) in [6.07, 6.45) is 1.34. The van der Waals surface area contributed by atoms with Crippen LogP contribution in [0.1, 0.15) is 67.7 Å². The van der Waals surface area contributed by atoms with E-state index in [1.54, 1.807) is 13.0 Å². The largest absolute Gasteiger partial charge is 0.461 e. The minimum absolute atomic E-state index is 0.00232. The standard InChI is InChI=1S/C28H49NO7/c1-10-23-15(2)11-12-22(30)16(3)13-17(4)26(19(6)24(31)20(7)27(33)35-23)36-28-25(32)21(29(8)9)14-18(5)34-28/h11-12,15-21,23-26,28,31-32H,10,13-14H2,1-9H3/b12-11+/t15-,16-,17+,18?,19+,20-,21?,23-,24+,25?,26+,28?/m1/s1. The molecule has 0 aromatic rings. The summed E-state index contributed by atoms with van der Waals surface area (Å²) >= 11 is 0. The van der Waals surface area contributed by atoms with Gasteiger partial charge in [-0.15, -0.1) is 0 Å². The molecule has 208 valence electrons. The maximum atomic E-state index is 13.0. The molecule has 2 N–H and O–H groups in total. The maximum Gasteiger partial charge on any atom is 0.311 e. The van der Waals surface area contributed by atoms with Gasteiger partial charge in [-0.3, -0.25) is 9.59 Å². The molecule has 4 unspecified atom stereocenters. The monoisotopic (exact) mass is 511 g/mol. The third kappa shape index (κ3) is 7.60. The number of rotatable bonds is 4. The SMILES string of the molecule is CC[C@H]1OC(=O)[C@H](C)[C@@H](O)[C@H](C)[C@@H](OC2OC(C)CC(N(C)C)C2O)[C@@H](C)C[C@@H](C)C(=O)/C=C/[C@H]1C. The van der Waals surface area contributed by atoms with E-state index in [1.165, 1.54) is 0 Å². The van der Waals surface area contributed by atoms with Crippen molar-refractivity contribution >= 4 is 11.8 Å². The number of ether oxygens (including phenoxy) is 3. The molecule has 0 aromatic carbocycles. The van der Waals surface area contributed by atoms with E-state index >= 15 is 0 Å². The summed E-state index contributed by atoms with van der Waals surface area (Å²) in [5.41, 5.74) is 0. The Morgan fingerprint density at radius 2 is 1.67 bits per heavy atom. The summed E-state index contributed by atoms with van der Waals surface area (Å²) in [5.74, 6) is -2.25. The molecule has 0 bridgehead atoms. The minimum Gasteiger partial charge on any atom is -0.461 e. The minimum atomic E-state index is -1.04. The third-order valence-corrected chi connectivity index (χ3v) is 8.10. The number of allylic oxidation sites excluding steroid dienone is 1. The summed E-state index contributed by atoms with van der Waals surface area (Å²) in [7, 11) is 3.83. The number of aliphatic hydroxyl groups excluding tert-OH is 2. The van der Waals surface area contributed by atoms with Crippen molar-refractivity contribution in [1.82, 2.24) is 4.90 Å². The summed E-state index contributed by atoms with van der Waals surface area (Å²) < 4.78 is 18.2. The molecule has 12 atom stereocenters. The molecule has 2 aliphatic rings. The Bertz CT molecular complexity index is 756. The highest BCUT2D eigenvalue weighted by atomic mass is 16.7. The van der Waals surface area contributed by atoms with Gasteiger partial charge in [0.15, 0.2) is 12.1 Å². The van der Waals surface area contributed by atoms with Crippen molar-refractivity contribution < 1.29 is 34.0 Å². The fourth-order valence-electron chi connectivity index (χ4n) is 5.54. The summed E-state index contributed by atoms with van der Waals surface area (Å²) in [6, 6.07) is -0.139. The van der Waals surface area contributed by atoms with Crippen LogP contribution in [-0.2, 0) is 23.8 Å². The molecule has 8 heteroatoms. The highest BCUT2D eigenvalue weighted by molar-refractivity contribution is 5.91. The van der Waals surface area contributed by atoms with Gasteiger partial charge >= 0.3 is 5.97 Å². The Labute approximate surface area is 217 Å². The first-order chi connectivity index (χ1) is 16.8. The fourth-order valence-corrected chi connectivity index (χ4v) is 5.54. The Balaban J connectivity index is 2.39. The zero-order valence-electron chi connectivity index (χ0n) is 23.6. The van der Waals surface area contributed by atoms with Gasteiger partial charge in [0, 0.05) is 23.8 Å². The van der Waals surface area contributed by atoms with Crippen molar-refractivity contribution in [3.63, 3.8) is 0 Å². The fraction of sp³-hybridized carbons (Fsp3) is 0.857. The second-order valence-electron chi connectivity index (χ2n) is 11.4. The molecule has 1 fully saturated rings. The van der Waals surface area contributed by atoms with Crippen LogP contribution in [0.15, 0.2) is 12.2 Å². The molecular weight excluding hydrogens is 462 g/mol. The Morgan fingerprint density at radius 1 is 1.03 bits per heavy atom. The van der Waals surface area contributed by atoms with Crippen molar-refractivity contribution in [2.45, 2.75) is 111 Å². The van der Waals surface area contributed by atoms with Crippen molar-refractivity contribution in [3.05, 3.63) is 12.2 Å². The lowest BCUT2D eigenvalue weighted by Crippen LogP contribution is -2.56. The predicted molar refractivity (Wildman–Crippen MR) is 138 cm³/mol. The lowest BCUT2D eigenvalue weighted by Gasteiger charge is -2.44. The van der Waals surface area contributed by atoms with Gasteiger partial charge < -0.3 is 29.3 Å². The van der Waals surface area contributed by atoms with Crippen LogP contribution in [-0.4, -0.2) is 83.8 Å². The molecule has 0 aromatic heterocycles. The number of carbonyl (C=O) groups is 2. The van der Waals surface area contributed by atoms with Gasteiger partial charge in [-0.05, 0) is 59.2 Å². The van der Waals surface area contributed by atoms with Crippen LogP contribution >= 0.6 is 0 Å². The lowest BCUT2D eigenvalue weighted by atomic mass is 9.80. The molecule has 36 heavy (non-hydrogen) atoms. The summed E-state index contributed by atoms with van der Waals surface area (Å²) in [4.78, 5) is 27.8. The number of hydrogen-bond donors (Lipinski definition) is 2. The topological polar surface area (TPSA) is 106 Å². The number of cyclic esters (lactones) is 1. The molecule has 0 spiro atoms. The number of ketones is 1. The van der Waals surface area contributed by atoms with Crippen LogP contribution in [0.25, 0.3) is 0 Å². The van der Waals surface area contributed by atoms with Gasteiger partial charge in [0.25, 0.3) is 0 Å². The number of likely N-dealkylation sites (N-methyl/N-ethyl adjacent to an activating group) is 1. The third-order valence-electron chi connectivity index (χ3n) is 8.10. The second kappa shape index (κ2) is 13.5. The summed E-state index contributed by atoms with van der Waals surface area (Å²) in [5, 5.41) is 22.3. The Hall–Kier alpha value is -1.32. The number of nitrogens with zero attached hydrogens (tertiary/aromatic N) is 1. The molecule has 0 aliphatic carbocycles. The lowest BCUT2D eigenvalue weighted by molar-refractivity contribution is -0.283. The number of carbonyl (C=O) groups excluding carboxylic acids is 2. The molecule has 0 radical (unpaired) electrons. The molecule has 0 amide bonds. The van der Waals surface area contributed by atoms with Gasteiger partial charge in [-0.25, -0.2) is 0 Å². The van der Waals surface area contributed by atoms with E-state index in [1.807, 2.05) is 66.6 Å². The van der Waals surface area contributed by atoms with E-state index < -0.39 is 42.4 Å². The van der Waals surface area contributed by atoms with Gasteiger partial charge in [0.05, 0.1) is 24.2 Å². The van der Waals surface area contributed by atoms with Crippen molar-refractivity contribution in [3.8, 4) is 0 Å². The second-order valence-corrected chi connectivity index (χ2v) is 11.4. The smallest absolute Gasteiger partial charge is 0.311 e. The van der Waals surface area contributed by atoms with E-state index in [9.17, 15) is 19.8 Å². The number of aliphatic hydroxyl groups is 2. The van der Waals surface area contributed by atoms with E-state index in [2.05, 4.69) is 0 Å². The molecule has 2 aliphatic heterocycles. The molecule has 1 saturated heterocycles. The molecule has 0 saturated carbocycles. The summed E-state index contributed by atoms with van der Waals surface area (Å²) in [6.45, 7) is 13.2. The molecule has 8 nitrogen and oxygen atoms in total. The van der Waals surface area contributed by atoms with Crippen LogP contribution in [0.4, 0.5) is 0 Å². The highest BCUT2D eigenvalue weighted by Crippen LogP contribution is 2.33. The zero-order chi connectivity index (χ0) is 27.3. The van der Waals surface area contributed by atoms with Gasteiger partial charge in [-0.1, -0.05) is 40.7 Å². The van der Waals surface area contributed by atoms with E-state index in [-0.39, 0.29) is 41.8 Å². The van der Waals surface area contributed by atoms with Crippen LogP contribution in [0.5, 0.6) is 0 Å². The average molecular weight is 512 g/mol. The first kappa shape index (κ1) is 30.9. The van der Waals surface area contributed by atoms with Gasteiger partial charge in [0.1, 0.15) is 12.2 Å². The normalized spacial score (nSPS) is 44.7. The van der Waals surface area contributed by atoms with E-state index in [4.69, 9.17) is 14.2 Å². The highest BCUT2D eigenvalue weighted by Gasteiger charge is 2.43. The van der Waals surface area contributed by atoms with E-state index in [0.29, 0.717) is 19.3 Å². The van der Waals surface area contributed by atoms with Crippen LogP contribution < -0.4 is 0 Å². The van der Waals surface area contributed by atoms with Gasteiger partial charge in [-0.2, -0.15) is 0 Å². The van der Waals surface area contributed by atoms with E-state index in [0.717, 1.165) is 0 Å². The van der Waals surface area contributed by atoms with Crippen LogP contribution in [0.2, 0.25) is 0 Å².